The second-order valence-electron chi connectivity index (χ2n) is 10.5. The SMILES string of the molecule is C=CC[C@@H](NC(=O)N1C(=O)C(CC)(CC)[C@@H]1OCC(=O)CCN(CC)C(=O)OCc1ccccc1)c1ccc(C)cc1. The molecule has 4 amide bonds. The Kier molecular flexibility index (Phi) is 11.9. The van der Waals surface area contributed by atoms with Crippen molar-refractivity contribution in [1.82, 2.24) is 15.1 Å². The summed E-state index contributed by atoms with van der Waals surface area (Å²) in [4.78, 5) is 54.5. The highest BCUT2D eigenvalue weighted by atomic mass is 16.6. The highest BCUT2D eigenvalue weighted by Crippen LogP contribution is 2.46. The van der Waals surface area contributed by atoms with Crippen LogP contribution in [0.25, 0.3) is 0 Å². The number of β-lactam (4-membered cyclic amide) rings is 1. The summed E-state index contributed by atoms with van der Waals surface area (Å²) in [6, 6.07) is 16.2. The van der Waals surface area contributed by atoms with E-state index >= 15 is 0 Å². The lowest BCUT2D eigenvalue weighted by Crippen LogP contribution is -2.72. The summed E-state index contributed by atoms with van der Waals surface area (Å²) >= 11 is 0. The maximum atomic E-state index is 13.4. The first kappa shape index (κ1) is 32.5. The molecule has 0 aliphatic carbocycles. The number of ketones is 1. The van der Waals surface area contributed by atoms with Crippen molar-refractivity contribution in [3.05, 3.63) is 83.9 Å². The lowest BCUT2D eigenvalue weighted by molar-refractivity contribution is -0.210. The normalized spacial score (nSPS) is 16.2. The van der Waals surface area contributed by atoms with Gasteiger partial charge in [0.15, 0.2) is 12.0 Å². The van der Waals surface area contributed by atoms with E-state index in [1.54, 1.807) is 6.08 Å². The molecule has 0 unspecified atom stereocenters. The number of carbonyl (C=O) groups is 4. The number of nitrogens with zero attached hydrogens (tertiary/aromatic N) is 2. The number of hydrogen-bond donors (Lipinski definition) is 1. The second-order valence-corrected chi connectivity index (χ2v) is 10.5. The molecule has 0 saturated carbocycles. The van der Waals surface area contributed by atoms with E-state index in [1.165, 1.54) is 4.90 Å². The van der Waals surface area contributed by atoms with Crippen molar-refractivity contribution in [2.75, 3.05) is 19.7 Å². The Morgan fingerprint density at radius 2 is 1.74 bits per heavy atom. The molecule has 2 atom stereocenters. The first-order valence-corrected chi connectivity index (χ1v) is 14.6. The minimum atomic E-state index is -0.883. The van der Waals surface area contributed by atoms with E-state index in [4.69, 9.17) is 9.47 Å². The minimum absolute atomic E-state index is 0.0568. The third-order valence-corrected chi connectivity index (χ3v) is 7.92. The van der Waals surface area contributed by atoms with Crippen LogP contribution in [-0.2, 0) is 25.7 Å². The number of rotatable bonds is 15. The Hall–Kier alpha value is -3.98. The van der Waals surface area contributed by atoms with Crippen LogP contribution >= 0.6 is 0 Å². The first-order chi connectivity index (χ1) is 20.2. The van der Waals surface area contributed by atoms with Gasteiger partial charge in [-0.05, 0) is 44.2 Å². The number of hydrogen-bond acceptors (Lipinski definition) is 6. The molecule has 2 aromatic rings. The number of benzene rings is 2. The van der Waals surface area contributed by atoms with Crippen LogP contribution in [0.15, 0.2) is 67.3 Å². The van der Waals surface area contributed by atoms with Gasteiger partial charge in [0.05, 0.1) is 11.5 Å². The van der Waals surface area contributed by atoms with Crippen LogP contribution in [0.5, 0.6) is 0 Å². The molecule has 1 heterocycles. The molecule has 1 aliphatic rings. The maximum Gasteiger partial charge on any atom is 0.410 e. The molecule has 1 N–H and O–H groups in total. The van der Waals surface area contributed by atoms with Crippen LogP contribution in [0.1, 0.15) is 69.2 Å². The molecule has 9 nitrogen and oxygen atoms in total. The number of nitrogens with one attached hydrogen (secondary N) is 1. The molecule has 1 fully saturated rings. The molecule has 0 radical (unpaired) electrons. The van der Waals surface area contributed by atoms with Crippen molar-refractivity contribution >= 4 is 23.8 Å². The molecule has 0 aromatic heterocycles. The van der Waals surface area contributed by atoms with Gasteiger partial charge in [0.1, 0.15) is 13.2 Å². The Labute approximate surface area is 248 Å². The van der Waals surface area contributed by atoms with Gasteiger partial charge >= 0.3 is 12.1 Å². The molecular formula is C33H43N3O6. The molecule has 0 bridgehead atoms. The molecular weight excluding hydrogens is 534 g/mol. The molecule has 1 aliphatic heterocycles. The number of ether oxygens (including phenoxy) is 2. The fourth-order valence-electron chi connectivity index (χ4n) is 5.12. The zero-order chi connectivity index (χ0) is 30.7. The highest BCUT2D eigenvalue weighted by molar-refractivity contribution is 6.03. The van der Waals surface area contributed by atoms with Gasteiger partial charge in [0.25, 0.3) is 0 Å². The van der Waals surface area contributed by atoms with Crippen LogP contribution in [0.3, 0.4) is 0 Å². The Morgan fingerprint density at radius 1 is 1.07 bits per heavy atom. The first-order valence-electron chi connectivity index (χ1n) is 14.6. The maximum absolute atomic E-state index is 13.4. The molecule has 3 rings (SSSR count). The van der Waals surface area contributed by atoms with E-state index < -0.39 is 23.8 Å². The van der Waals surface area contributed by atoms with Gasteiger partial charge in [-0.15, -0.1) is 6.58 Å². The third kappa shape index (κ3) is 7.64. The molecule has 42 heavy (non-hydrogen) atoms. The van der Waals surface area contributed by atoms with E-state index in [0.717, 1.165) is 21.6 Å². The van der Waals surface area contributed by atoms with Crippen LogP contribution in [0, 0.1) is 12.3 Å². The van der Waals surface area contributed by atoms with E-state index in [-0.39, 0.29) is 43.9 Å². The van der Waals surface area contributed by atoms with E-state index in [0.29, 0.717) is 25.8 Å². The molecule has 226 valence electrons. The Balaban J connectivity index is 1.59. The van der Waals surface area contributed by atoms with Crippen LogP contribution < -0.4 is 5.32 Å². The predicted octanol–water partition coefficient (Wildman–Crippen LogP) is 5.93. The molecule has 0 spiro atoms. The van der Waals surface area contributed by atoms with Gasteiger partial charge < -0.3 is 19.7 Å². The lowest BCUT2D eigenvalue weighted by atomic mass is 9.72. The Bertz CT molecular complexity index is 1230. The van der Waals surface area contributed by atoms with Crippen molar-refractivity contribution in [1.29, 1.82) is 0 Å². The third-order valence-electron chi connectivity index (χ3n) is 7.92. The van der Waals surface area contributed by atoms with E-state index in [2.05, 4.69) is 11.9 Å². The van der Waals surface area contributed by atoms with Gasteiger partial charge in [0, 0.05) is 19.5 Å². The van der Waals surface area contributed by atoms with Crippen molar-refractivity contribution in [2.24, 2.45) is 5.41 Å². The van der Waals surface area contributed by atoms with Crippen molar-refractivity contribution < 1.29 is 28.7 Å². The predicted molar refractivity (Wildman–Crippen MR) is 160 cm³/mol. The average Bonchev–Trinajstić information content (AvgIpc) is 2.99. The molecule has 2 aromatic carbocycles. The number of imide groups is 1. The number of carbonyl (C=O) groups excluding carboxylic acids is 4. The van der Waals surface area contributed by atoms with Crippen LogP contribution in [0.4, 0.5) is 9.59 Å². The van der Waals surface area contributed by atoms with Gasteiger partial charge in [0.2, 0.25) is 5.91 Å². The summed E-state index contributed by atoms with van der Waals surface area (Å²) in [6.07, 6.45) is 1.82. The van der Waals surface area contributed by atoms with Crippen molar-refractivity contribution in [3.63, 3.8) is 0 Å². The number of aryl methyl sites for hydroxylation is 1. The smallest absolute Gasteiger partial charge is 0.410 e. The lowest BCUT2D eigenvalue weighted by Gasteiger charge is -2.53. The largest absolute Gasteiger partial charge is 0.445 e. The average molecular weight is 578 g/mol. The molecule has 1 saturated heterocycles. The number of urea groups is 1. The van der Waals surface area contributed by atoms with Crippen LogP contribution in [-0.4, -0.2) is 59.5 Å². The molecule has 9 heteroatoms. The van der Waals surface area contributed by atoms with Crippen molar-refractivity contribution in [2.45, 2.75) is 72.3 Å². The fraction of sp³-hybridized carbons (Fsp3) is 0.455. The summed E-state index contributed by atoms with van der Waals surface area (Å²) in [6.45, 7) is 11.8. The van der Waals surface area contributed by atoms with Gasteiger partial charge in [-0.3, -0.25) is 9.59 Å². The summed E-state index contributed by atoms with van der Waals surface area (Å²) in [5.41, 5.74) is 1.99. The number of Topliss-reactive ketones (excluding diaryl/α,β-unsaturated/α-hetero) is 1. The summed E-state index contributed by atoms with van der Waals surface area (Å²) in [7, 11) is 0. The standard InChI is InChI=1S/C33H43N3O6/c1-6-13-28(26-18-16-24(5)17-19-26)34-31(39)36-29(38)33(7-2,8-3)30(36)41-23-27(37)20-21-35(9-4)32(40)42-22-25-14-11-10-12-15-25/h6,10-12,14-19,28,30H,1,7-9,13,20-23H2,2-5H3,(H,34,39)/t28-,30+/m1/s1. The number of likely N-dealkylation sites (tertiary alicyclic amines) is 1. The van der Waals surface area contributed by atoms with Gasteiger partial charge in [-0.1, -0.05) is 80.1 Å². The quantitative estimate of drug-likeness (QED) is 0.208. The summed E-state index contributed by atoms with van der Waals surface area (Å²) in [5.74, 6) is -0.559. The van der Waals surface area contributed by atoms with Crippen LogP contribution in [0.2, 0.25) is 0 Å². The van der Waals surface area contributed by atoms with Gasteiger partial charge in [-0.2, -0.15) is 0 Å². The van der Waals surface area contributed by atoms with Gasteiger partial charge in [-0.25, -0.2) is 14.5 Å². The van der Waals surface area contributed by atoms with Crippen molar-refractivity contribution in [3.8, 4) is 0 Å². The monoisotopic (exact) mass is 577 g/mol. The zero-order valence-electron chi connectivity index (χ0n) is 25.1. The minimum Gasteiger partial charge on any atom is -0.445 e. The number of amides is 4. The second kappa shape index (κ2) is 15.3. The van der Waals surface area contributed by atoms with E-state index in [9.17, 15) is 19.2 Å². The van der Waals surface area contributed by atoms with E-state index in [1.807, 2.05) is 82.3 Å². The zero-order valence-corrected chi connectivity index (χ0v) is 25.1. The highest BCUT2D eigenvalue weighted by Gasteiger charge is 2.62. The summed E-state index contributed by atoms with van der Waals surface area (Å²) < 4.78 is 11.4. The fourth-order valence-corrected chi connectivity index (χ4v) is 5.12. The Morgan fingerprint density at radius 3 is 2.33 bits per heavy atom. The topological polar surface area (TPSA) is 105 Å². The summed E-state index contributed by atoms with van der Waals surface area (Å²) in [5, 5.41) is 2.95.